The molecule has 1 aromatic carbocycles. The van der Waals surface area contributed by atoms with E-state index in [1.807, 2.05) is 13.8 Å². The number of ether oxygens (including phenoxy) is 1. The van der Waals surface area contributed by atoms with Crippen molar-refractivity contribution in [1.82, 2.24) is 4.98 Å². The summed E-state index contributed by atoms with van der Waals surface area (Å²) in [5.41, 5.74) is -3.80. The number of benzene rings is 1. The molecule has 1 aliphatic heterocycles. The number of alkyl halides is 3. The van der Waals surface area contributed by atoms with Gasteiger partial charge in [0.2, 0.25) is 0 Å². The standard InChI is InChI=1S/C22H17Cl2F3N2O6S.C2H6/c1-12(34-36(3,31)32)4-6-17-16(20(30)33-2)5-7-18(28-17)19-11-21(35-29-19,22(25,26)27)13-8-14(23)10-15(24)9-13;1-2/h5,7-10,12H,11H2,1-3H3;1-2H3. The first-order valence-corrected chi connectivity index (χ1v) is 13.5. The largest absolute Gasteiger partial charge is 0.465 e. The van der Waals surface area contributed by atoms with E-state index < -0.39 is 40.4 Å². The highest BCUT2D eigenvalue weighted by atomic mass is 35.5. The summed E-state index contributed by atoms with van der Waals surface area (Å²) in [6, 6.07) is 5.93. The zero-order valence-corrected chi connectivity index (χ0v) is 23.1. The second-order valence-corrected chi connectivity index (χ2v) is 10.1. The fourth-order valence-electron chi connectivity index (χ4n) is 3.27. The van der Waals surface area contributed by atoms with Gasteiger partial charge in [-0.3, -0.25) is 4.18 Å². The van der Waals surface area contributed by atoms with Crippen LogP contribution in [0.1, 0.15) is 54.5 Å². The van der Waals surface area contributed by atoms with Crippen molar-refractivity contribution in [2.75, 3.05) is 13.4 Å². The van der Waals surface area contributed by atoms with Crippen molar-refractivity contribution in [3.8, 4) is 11.8 Å². The van der Waals surface area contributed by atoms with Gasteiger partial charge in [-0.25, -0.2) is 9.78 Å². The Morgan fingerprint density at radius 1 is 1.18 bits per heavy atom. The second kappa shape index (κ2) is 12.3. The fraction of sp³-hybridized carbons (Fsp3) is 0.375. The number of methoxy groups -OCH3 is 1. The lowest BCUT2D eigenvalue weighted by molar-refractivity contribution is -0.275. The van der Waals surface area contributed by atoms with Crippen LogP contribution in [0.15, 0.2) is 35.5 Å². The third-order valence-corrected chi connectivity index (χ3v) is 5.90. The van der Waals surface area contributed by atoms with Crippen molar-refractivity contribution in [3.05, 3.63) is 62.9 Å². The Morgan fingerprint density at radius 3 is 2.32 bits per heavy atom. The summed E-state index contributed by atoms with van der Waals surface area (Å²) in [5.74, 6) is 4.16. The lowest BCUT2D eigenvalue weighted by Crippen LogP contribution is -2.42. The van der Waals surface area contributed by atoms with Crippen LogP contribution in [-0.4, -0.2) is 50.7 Å². The number of nitrogens with zero attached hydrogens (tertiary/aromatic N) is 2. The molecule has 0 spiro atoms. The van der Waals surface area contributed by atoms with Gasteiger partial charge in [-0.1, -0.05) is 48.1 Å². The molecule has 206 valence electrons. The van der Waals surface area contributed by atoms with E-state index in [4.69, 9.17) is 32.2 Å². The zero-order chi connectivity index (χ0) is 28.9. The molecule has 1 aliphatic rings. The molecule has 0 fully saturated rings. The summed E-state index contributed by atoms with van der Waals surface area (Å²) in [6.45, 7) is 5.35. The lowest BCUT2D eigenvalue weighted by Gasteiger charge is -2.29. The van der Waals surface area contributed by atoms with E-state index >= 15 is 0 Å². The van der Waals surface area contributed by atoms with Crippen LogP contribution in [0.5, 0.6) is 0 Å². The molecule has 0 saturated heterocycles. The maximum atomic E-state index is 14.2. The molecule has 2 heterocycles. The number of hydrogen-bond donors (Lipinski definition) is 0. The summed E-state index contributed by atoms with van der Waals surface area (Å²) in [6.07, 6.45) is -5.96. The topological polar surface area (TPSA) is 104 Å². The molecular weight excluding hydrogens is 572 g/mol. The quantitative estimate of drug-likeness (QED) is 0.256. The van der Waals surface area contributed by atoms with Crippen LogP contribution >= 0.6 is 23.2 Å². The van der Waals surface area contributed by atoms with Gasteiger partial charge in [0.1, 0.15) is 17.5 Å². The molecule has 14 heteroatoms. The number of carbonyl (C=O) groups is 1. The molecule has 8 nitrogen and oxygen atoms in total. The average Bonchev–Trinajstić information content (AvgIpc) is 3.29. The van der Waals surface area contributed by atoms with E-state index in [0.29, 0.717) is 0 Å². The van der Waals surface area contributed by atoms with Gasteiger partial charge in [0.05, 0.1) is 31.0 Å². The van der Waals surface area contributed by atoms with Crippen LogP contribution < -0.4 is 0 Å². The molecule has 2 atom stereocenters. The number of halogens is 5. The first kappa shape index (κ1) is 31.4. The average molecular weight is 595 g/mol. The highest BCUT2D eigenvalue weighted by Crippen LogP contribution is 2.49. The number of pyridine rings is 1. The van der Waals surface area contributed by atoms with Crippen LogP contribution in [0.25, 0.3) is 0 Å². The van der Waals surface area contributed by atoms with E-state index in [-0.39, 0.29) is 38.3 Å². The number of esters is 1. The van der Waals surface area contributed by atoms with Gasteiger partial charge in [-0.05, 0) is 43.2 Å². The van der Waals surface area contributed by atoms with E-state index in [0.717, 1.165) is 25.5 Å². The van der Waals surface area contributed by atoms with Crippen molar-refractivity contribution in [3.63, 3.8) is 0 Å². The minimum absolute atomic E-state index is 0.0262. The molecule has 2 unspecified atom stereocenters. The van der Waals surface area contributed by atoms with Gasteiger partial charge in [-0.15, -0.1) is 0 Å². The van der Waals surface area contributed by atoms with Crippen LogP contribution in [0, 0.1) is 11.8 Å². The van der Waals surface area contributed by atoms with Gasteiger partial charge >= 0.3 is 12.1 Å². The normalized spacial score (nSPS) is 17.7. The van der Waals surface area contributed by atoms with Crippen LogP contribution in [0.4, 0.5) is 13.2 Å². The van der Waals surface area contributed by atoms with E-state index in [1.165, 1.54) is 25.1 Å². The molecular formula is C24H23Cl2F3N2O6S. The van der Waals surface area contributed by atoms with E-state index in [9.17, 15) is 26.4 Å². The Labute approximate surface area is 228 Å². The molecule has 3 rings (SSSR count). The minimum atomic E-state index is -4.92. The molecule has 1 aromatic heterocycles. The molecule has 2 aromatic rings. The zero-order valence-electron chi connectivity index (χ0n) is 20.8. The van der Waals surface area contributed by atoms with Crippen LogP contribution in [0.2, 0.25) is 10.0 Å². The highest BCUT2D eigenvalue weighted by molar-refractivity contribution is 7.86. The van der Waals surface area contributed by atoms with Crippen molar-refractivity contribution in [2.45, 2.75) is 45.1 Å². The first-order valence-electron chi connectivity index (χ1n) is 10.9. The van der Waals surface area contributed by atoms with Gasteiger partial charge < -0.3 is 9.57 Å². The number of carbonyl (C=O) groups excluding carboxylic acids is 1. The smallest absolute Gasteiger partial charge is 0.435 e. The van der Waals surface area contributed by atoms with Crippen molar-refractivity contribution < 1.29 is 40.1 Å². The second-order valence-electron chi connectivity index (χ2n) is 7.59. The molecule has 38 heavy (non-hydrogen) atoms. The summed E-state index contributed by atoms with van der Waals surface area (Å²) < 4.78 is 74.7. The van der Waals surface area contributed by atoms with Gasteiger partial charge in [-0.2, -0.15) is 21.6 Å². The molecule has 0 saturated carbocycles. The Morgan fingerprint density at radius 2 is 1.79 bits per heavy atom. The lowest BCUT2D eigenvalue weighted by atomic mass is 9.87. The summed E-state index contributed by atoms with van der Waals surface area (Å²) in [5, 5.41) is 3.57. The SMILES string of the molecule is CC.COC(=O)c1ccc(C2=NOC(c3cc(Cl)cc(Cl)c3)(C(F)(F)F)C2)nc1C#CC(C)OS(C)(=O)=O. The summed E-state index contributed by atoms with van der Waals surface area (Å²) in [4.78, 5) is 21.2. The predicted molar refractivity (Wildman–Crippen MR) is 136 cm³/mol. The molecule has 0 radical (unpaired) electrons. The van der Waals surface area contributed by atoms with E-state index in [2.05, 4.69) is 26.7 Å². The van der Waals surface area contributed by atoms with Crippen molar-refractivity contribution in [1.29, 1.82) is 0 Å². The molecule has 0 amide bonds. The number of rotatable bonds is 5. The Kier molecular flexibility index (Phi) is 10.2. The number of hydrogen-bond acceptors (Lipinski definition) is 8. The first-order chi connectivity index (χ1) is 17.6. The summed E-state index contributed by atoms with van der Waals surface area (Å²) >= 11 is 11.8. The van der Waals surface area contributed by atoms with Gasteiger partial charge in [0, 0.05) is 15.6 Å². The fourth-order valence-corrected chi connectivity index (χ4v) is 4.37. The van der Waals surface area contributed by atoms with E-state index in [1.54, 1.807) is 0 Å². The van der Waals surface area contributed by atoms with Gasteiger partial charge in [0.25, 0.3) is 15.7 Å². The monoisotopic (exact) mass is 594 g/mol. The Balaban J connectivity index is 0.00000247. The minimum Gasteiger partial charge on any atom is -0.465 e. The Hall–Kier alpha value is -2.85. The molecule has 0 N–H and O–H groups in total. The van der Waals surface area contributed by atoms with Crippen molar-refractivity contribution >= 4 is 45.0 Å². The molecule has 0 bridgehead atoms. The number of aromatic nitrogens is 1. The highest BCUT2D eigenvalue weighted by Gasteiger charge is 2.62. The number of oxime groups is 1. The predicted octanol–water partition coefficient (Wildman–Crippen LogP) is 5.50. The maximum absolute atomic E-state index is 14.2. The molecule has 0 aliphatic carbocycles. The Bertz CT molecular complexity index is 1380. The van der Waals surface area contributed by atoms with Crippen LogP contribution in [0.3, 0.4) is 0 Å². The maximum Gasteiger partial charge on any atom is 0.435 e. The summed E-state index contributed by atoms with van der Waals surface area (Å²) in [7, 11) is -2.70. The third kappa shape index (κ3) is 7.38. The van der Waals surface area contributed by atoms with Crippen molar-refractivity contribution in [2.24, 2.45) is 5.16 Å². The van der Waals surface area contributed by atoms with Gasteiger partial charge in [0.15, 0.2) is 0 Å². The van der Waals surface area contributed by atoms with Crippen LogP contribution in [-0.2, 0) is 29.5 Å². The third-order valence-electron chi connectivity index (χ3n) is 4.82.